The highest BCUT2D eigenvalue weighted by atomic mass is 32.2. The van der Waals surface area contributed by atoms with Gasteiger partial charge in [0.2, 0.25) is 0 Å². The molecule has 0 saturated heterocycles. The van der Waals surface area contributed by atoms with Crippen LogP contribution in [0.1, 0.15) is 44.6 Å². The highest BCUT2D eigenvalue weighted by molar-refractivity contribution is 7.99. The maximum atomic E-state index is 8.41. The predicted octanol–water partition coefficient (Wildman–Crippen LogP) is 4.60. The zero-order valence-electron chi connectivity index (χ0n) is 10.1. The van der Waals surface area contributed by atoms with Crippen LogP contribution in [0.25, 0.3) is 0 Å². The molecule has 0 heterocycles. The molecule has 0 bridgehead atoms. The zero-order valence-corrected chi connectivity index (χ0v) is 10.9. The van der Waals surface area contributed by atoms with Crippen LogP contribution in [0.4, 0.5) is 0 Å². The van der Waals surface area contributed by atoms with Crippen molar-refractivity contribution in [2.75, 3.05) is 5.75 Å². The van der Waals surface area contributed by atoms with Crippen LogP contribution in [-0.2, 0) is 0 Å². The van der Waals surface area contributed by atoms with E-state index in [2.05, 4.69) is 44.2 Å². The van der Waals surface area contributed by atoms with Gasteiger partial charge in [-0.3, -0.25) is 0 Å². The Kier molecular flexibility index (Phi) is 6.03. The molecule has 0 spiro atoms. The van der Waals surface area contributed by atoms with Crippen molar-refractivity contribution in [1.29, 1.82) is 5.26 Å². The number of hydrogen-bond acceptors (Lipinski definition) is 2. The second-order valence-corrected chi connectivity index (χ2v) is 5.36. The normalized spacial score (nSPS) is 10.4. The standard InChI is InChI=1S/C14H19NS/c1-12(2)13-6-8-14(9-7-13)16-11-5-3-4-10-15/h6-9,12H,3-5,11H2,1-2H3. The minimum atomic E-state index is 0.606. The van der Waals surface area contributed by atoms with Crippen molar-refractivity contribution in [1.82, 2.24) is 0 Å². The average Bonchev–Trinajstić information content (AvgIpc) is 2.29. The Hall–Kier alpha value is -0.940. The minimum absolute atomic E-state index is 0.606. The van der Waals surface area contributed by atoms with E-state index in [0.717, 1.165) is 18.6 Å². The van der Waals surface area contributed by atoms with Crippen LogP contribution in [0.3, 0.4) is 0 Å². The third kappa shape index (κ3) is 4.72. The van der Waals surface area contributed by atoms with E-state index in [-0.39, 0.29) is 0 Å². The monoisotopic (exact) mass is 233 g/mol. The number of thioether (sulfide) groups is 1. The average molecular weight is 233 g/mol. The van der Waals surface area contributed by atoms with E-state index in [1.807, 2.05) is 11.8 Å². The first kappa shape index (κ1) is 13.1. The van der Waals surface area contributed by atoms with Crippen LogP contribution in [0.2, 0.25) is 0 Å². The Morgan fingerprint density at radius 2 is 1.88 bits per heavy atom. The molecule has 2 heteroatoms. The minimum Gasteiger partial charge on any atom is -0.198 e. The summed E-state index contributed by atoms with van der Waals surface area (Å²) < 4.78 is 0. The molecule has 1 aromatic carbocycles. The van der Waals surface area contributed by atoms with Crippen molar-refractivity contribution in [2.24, 2.45) is 0 Å². The molecule has 0 amide bonds. The molecule has 0 saturated carbocycles. The fraction of sp³-hybridized carbons (Fsp3) is 0.500. The summed E-state index contributed by atoms with van der Waals surface area (Å²) in [6.07, 6.45) is 2.84. The second kappa shape index (κ2) is 7.35. The Bertz CT molecular complexity index is 335. The lowest BCUT2D eigenvalue weighted by Crippen LogP contribution is -1.86. The van der Waals surface area contributed by atoms with Gasteiger partial charge in [-0.05, 0) is 42.2 Å². The van der Waals surface area contributed by atoms with Crippen LogP contribution in [0.5, 0.6) is 0 Å². The fourth-order valence-electron chi connectivity index (χ4n) is 1.45. The van der Waals surface area contributed by atoms with Gasteiger partial charge >= 0.3 is 0 Å². The van der Waals surface area contributed by atoms with Crippen molar-refractivity contribution in [3.8, 4) is 6.07 Å². The Labute approximate surface area is 103 Å². The zero-order chi connectivity index (χ0) is 11.8. The quantitative estimate of drug-likeness (QED) is 0.530. The van der Waals surface area contributed by atoms with Gasteiger partial charge in [-0.2, -0.15) is 5.26 Å². The lowest BCUT2D eigenvalue weighted by Gasteiger charge is -2.06. The van der Waals surface area contributed by atoms with E-state index in [9.17, 15) is 0 Å². The van der Waals surface area contributed by atoms with E-state index in [1.165, 1.54) is 10.5 Å². The predicted molar refractivity (Wildman–Crippen MR) is 70.7 cm³/mol. The van der Waals surface area contributed by atoms with Crippen LogP contribution in [0.15, 0.2) is 29.2 Å². The topological polar surface area (TPSA) is 23.8 Å². The Morgan fingerprint density at radius 3 is 2.44 bits per heavy atom. The SMILES string of the molecule is CC(C)c1ccc(SCCCCC#N)cc1. The number of unbranched alkanes of at least 4 members (excludes halogenated alkanes) is 2. The molecule has 0 fully saturated rings. The number of benzene rings is 1. The van der Waals surface area contributed by atoms with Gasteiger partial charge in [0.25, 0.3) is 0 Å². The molecule has 0 N–H and O–H groups in total. The van der Waals surface area contributed by atoms with Crippen molar-refractivity contribution in [2.45, 2.75) is 43.9 Å². The van der Waals surface area contributed by atoms with Gasteiger partial charge in [0.1, 0.15) is 0 Å². The van der Waals surface area contributed by atoms with Crippen LogP contribution < -0.4 is 0 Å². The summed E-state index contributed by atoms with van der Waals surface area (Å²) in [4.78, 5) is 1.33. The Morgan fingerprint density at radius 1 is 1.19 bits per heavy atom. The summed E-state index contributed by atoms with van der Waals surface area (Å²) >= 11 is 1.88. The van der Waals surface area contributed by atoms with Crippen molar-refractivity contribution in [3.63, 3.8) is 0 Å². The van der Waals surface area contributed by atoms with Gasteiger partial charge in [0.15, 0.2) is 0 Å². The molecule has 0 atom stereocenters. The van der Waals surface area contributed by atoms with Gasteiger partial charge in [-0.1, -0.05) is 26.0 Å². The summed E-state index contributed by atoms with van der Waals surface area (Å²) in [5.74, 6) is 1.72. The van der Waals surface area contributed by atoms with E-state index in [0.29, 0.717) is 12.3 Å². The van der Waals surface area contributed by atoms with E-state index < -0.39 is 0 Å². The van der Waals surface area contributed by atoms with Crippen molar-refractivity contribution < 1.29 is 0 Å². The third-order valence-electron chi connectivity index (χ3n) is 2.50. The molecule has 16 heavy (non-hydrogen) atoms. The molecule has 86 valence electrons. The smallest absolute Gasteiger partial charge is 0.0621 e. The molecular formula is C14H19NS. The maximum Gasteiger partial charge on any atom is 0.0621 e. The van der Waals surface area contributed by atoms with Gasteiger partial charge in [-0.25, -0.2) is 0 Å². The van der Waals surface area contributed by atoms with Crippen LogP contribution in [0, 0.1) is 11.3 Å². The van der Waals surface area contributed by atoms with Gasteiger partial charge < -0.3 is 0 Å². The van der Waals surface area contributed by atoms with Gasteiger partial charge in [0, 0.05) is 11.3 Å². The van der Waals surface area contributed by atoms with E-state index in [1.54, 1.807) is 0 Å². The molecule has 0 unspecified atom stereocenters. The molecule has 1 aromatic rings. The molecule has 0 aromatic heterocycles. The van der Waals surface area contributed by atoms with Crippen molar-refractivity contribution in [3.05, 3.63) is 29.8 Å². The molecule has 0 aliphatic carbocycles. The number of hydrogen-bond donors (Lipinski definition) is 0. The lowest BCUT2D eigenvalue weighted by atomic mass is 10.0. The fourth-order valence-corrected chi connectivity index (χ4v) is 2.36. The van der Waals surface area contributed by atoms with Crippen molar-refractivity contribution >= 4 is 11.8 Å². The summed E-state index contributed by atoms with van der Waals surface area (Å²) in [6, 6.07) is 11.0. The largest absolute Gasteiger partial charge is 0.198 e. The number of nitriles is 1. The van der Waals surface area contributed by atoms with Gasteiger partial charge in [-0.15, -0.1) is 11.8 Å². The lowest BCUT2D eigenvalue weighted by molar-refractivity contribution is 0.830. The first-order chi connectivity index (χ1) is 7.74. The highest BCUT2D eigenvalue weighted by Crippen LogP contribution is 2.22. The molecule has 0 aliphatic rings. The number of nitrogens with zero attached hydrogens (tertiary/aromatic N) is 1. The molecule has 0 aliphatic heterocycles. The maximum absolute atomic E-state index is 8.41. The van der Waals surface area contributed by atoms with Crippen LogP contribution >= 0.6 is 11.8 Å². The molecular weight excluding hydrogens is 214 g/mol. The van der Waals surface area contributed by atoms with Crippen LogP contribution in [-0.4, -0.2) is 5.75 Å². The van der Waals surface area contributed by atoms with E-state index in [4.69, 9.17) is 5.26 Å². The Balaban J connectivity index is 2.30. The second-order valence-electron chi connectivity index (χ2n) is 4.19. The first-order valence-corrected chi connectivity index (χ1v) is 6.82. The summed E-state index contributed by atoms with van der Waals surface area (Å²) in [7, 11) is 0. The molecule has 1 rings (SSSR count). The molecule has 1 nitrogen and oxygen atoms in total. The van der Waals surface area contributed by atoms with E-state index >= 15 is 0 Å². The summed E-state index contributed by atoms with van der Waals surface area (Å²) in [6.45, 7) is 4.42. The summed E-state index contributed by atoms with van der Waals surface area (Å²) in [5.41, 5.74) is 1.40. The summed E-state index contributed by atoms with van der Waals surface area (Å²) in [5, 5.41) is 8.41. The third-order valence-corrected chi connectivity index (χ3v) is 3.60. The number of rotatable bonds is 6. The molecule has 0 radical (unpaired) electrons. The highest BCUT2D eigenvalue weighted by Gasteiger charge is 1.99. The first-order valence-electron chi connectivity index (χ1n) is 5.83. The van der Waals surface area contributed by atoms with Gasteiger partial charge in [0.05, 0.1) is 6.07 Å².